The van der Waals surface area contributed by atoms with Gasteiger partial charge in [0, 0.05) is 29.7 Å². The SMILES string of the molecule is COc1cccc(CC(=O)N2CCN(C(=O)COc3ccc(I)cc3)CC2)c1. The molecule has 1 fully saturated rings. The van der Waals surface area contributed by atoms with Crippen LogP contribution in [0, 0.1) is 3.57 Å². The second-order valence-electron chi connectivity index (χ2n) is 6.53. The smallest absolute Gasteiger partial charge is 0.260 e. The van der Waals surface area contributed by atoms with Crippen LogP contribution in [0.5, 0.6) is 11.5 Å². The molecule has 0 N–H and O–H groups in total. The zero-order chi connectivity index (χ0) is 19.9. The largest absolute Gasteiger partial charge is 0.497 e. The third kappa shape index (κ3) is 5.60. The van der Waals surface area contributed by atoms with Gasteiger partial charge in [-0.3, -0.25) is 9.59 Å². The van der Waals surface area contributed by atoms with E-state index in [-0.39, 0.29) is 18.4 Å². The van der Waals surface area contributed by atoms with Gasteiger partial charge in [0.2, 0.25) is 5.91 Å². The van der Waals surface area contributed by atoms with E-state index in [2.05, 4.69) is 22.6 Å². The molecule has 3 rings (SSSR count). The predicted molar refractivity (Wildman–Crippen MR) is 115 cm³/mol. The molecule has 2 amide bonds. The zero-order valence-corrected chi connectivity index (χ0v) is 17.9. The molecular weight excluding hydrogens is 471 g/mol. The summed E-state index contributed by atoms with van der Waals surface area (Å²) >= 11 is 2.22. The van der Waals surface area contributed by atoms with Crippen LogP contribution in [0.2, 0.25) is 0 Å². The number of halogens is 1. The maximum Gasteiger partial charge on any atom is 0.260 e. The molecule has 0 atom stereocenters. The normalized spacial score (nSPS) is 13.9. The fourth-order valence-electron chi connectivity index (χ4n) is 3.04. The Kier molecular flexibility index (Phi) is 7.13. The predicted octanol–water partition coefficient (Wildman–Crippen LogP) is 2.59. The minimum atomic E-state index is -0.0570. The molecule has 1 heterocycles. The van der Waals surface area contributed by atoms with Crippen molar-refractivity contribution >= 4 is 34.4 Å². The van der Waals surface area contributed by atoms with Crippen LogP contribution in [0.25, 0.3) is 0 Å². The van der Waals surface area contributed by atoms with E-state index in [1.54, 1.807) is 12.0 Å². The maximum absolute atomic E-state index is 12.5. The standard InChI is InChI=1S/C21H23IN2O4/c1-27-19-4-2-3-16(13-19)14-20(25)23-9-11-24(12-10-23)21(26)15-28-18-7-5-17(22)6-8-18/h2-8,13H,9-12,14-15H2,1H3. The van der Waals surface area contributed by atoms with Crippen LogP contribution in [0.3, 0.4) is 0 Å². The van der Waals surface area contributed by atoms with Crippen molar-refractivity contribution < 1.29 is 19.1 Å². The summed E-state index contributed by atoms with van der Waals surface area (Å²) in [5, 5.41) is 0. The highest BCUT2D eigenvalue weighted by Gasteiger charge is 2.24. The van der Waals surface area contributed by atoms with E-state index < -0.39 is 0 Å². The Bertz CT molecular complexity index is 817. The lowest BCUT2D eigenvalue weighted by Gasteiger charge is -2.34. The average Bonchev–Trinajstić information content (AvgIpc) is 2.73. The molecule has 0 radical (unpaired) electrons. The van der Waals surface area contributed by atoms with Gasteiger partial charge in [-0.15, -0.1) is 0 Å². The Balaban J connectivity index is 1.44. The molecule has 28 heavy (non-hydrogen) atoms. The third-order valence-electron chi connectivity index (χ3n) is 4.65. The molecule has 7 heteroatoms. The van der Waals surface area contributed by atoms with Crippen molar-refractivity contribution in [1.29, 1.82) is 0 Å². The molecule has 0 aromatic heterocycles. The summed E-state index contributed by atoms with van der Waals surface area (Å²) in [5.41, 5.74) is 0.925. The summed E-state index contributed by atoms with van der Waals surface area (Å²) < 4.78 is 11.9. The Morgan fingerprint density at radius 3 is 2.21 bits per heavy atom. The first-order chi connectivity index (χ1) is 13.5. The van der Waals surface area contributed by atoms with E-state index in [4.69, 9.17) is 9.47 Å². The first kappa shape index (κ1) is 20.4. The van der Waals surface area contributed by atoms with E-state index >= 15 is 0 Å². The molecule has 1 aliphatic rings. The first-order valence-electron chi connectivity index (χ1n) is 9.12. The highest BCUT2D eigenvalue weighted by molar-refractivity contribution is 14.1. The van der Waals surface area contributed by atoms with E-state index in [1.165, 1.54) is 0 Å². The van der Waals surface area contributed by atoms with E-state index in [1.807, 2.05) is 53.4 Å². The van der Waals surface area contributed by atoms with Crippen molar-refractivity contribution in [2.45, 2.75) is 6.42 Å². The number of hydrogen-bond acceptors (Lipinski definition) is 4. The molecule has 0 unspecified atom stereocenters. The van der Waals surface area contributed by atoms with Crippen molar-refractivity contribution in [1.82, 2.24) is 9.80 Å². The number of carbonyl (C=O) groups excluding carboxylic acids is 2. The lowest BCUT2D eigenvalue weighted by atomic mass is 10.1. The number of nitrogens with zero attached hydrogens (tertiary/aromatic N) is 2. The van der Waals surface area contributed by atoms with Gasteiger partial charge in [0.05, 0.1) is 13.5 Å². The summed E-state index contributed by atoms with van der Waals surface area (Å²) in [4.78, 5) is 28.5. The molecule has 148 valence electrons. The highest BCUT2D eigenvalue weighted by atomic mass is 127. The van der Waals surface area contributed by atoms with E-state index in [0.29, 0.717) is 38.3 Å². The van der Waals surface area contributed by atoms with Gasteiger partial charge in [0.1, 0.15) is 11.5 Å². The first-order valence-corrected chi connectivity index (χ1v) is 10.2. The fraction of sp³-hybridized carbons (Fsp3) is 0.333. The number of benzene rings is 2. The molecule has 1 aliphatic heterocycles. The summed E-state index contributed by atoms with van der Waals surface area (Å²) in [7, 11) is 1.61. The van der Waals surface area contributed by atoms with Gasteiger partial charge < -0.3 is 19.3 Å². The van der Waals surface area contributed by atoms with Gasteiger partial charge >= 0.3 is 0 Å². The van der Waals surface area contributed by atoms with Gasteiger partial charge in [0.15, 0.2) is 6.61 Å². The number of amides is 2. The van der Waals surface area contributed by atoms with Crippen molar-refractivity contribution in [3.8, 4) is 11.5 Å². The molecular formula is C21H23IN2O4. The van der Waals surface area contributed by atoms with Crippen LogP contribution in [0.15, 0.2) is 48.5 Å². The van der Waals surface area contributed by atoms with E-state index in [9.17, 15) is 9.59 Å². The number of ether oxygens (including phenoxy) is 2. The topological polar surface area (TPSA) is 59.1 Å². The van der Waals surface area contributed by atoms with Crippen LogP contribution < -0.4 is 9.47 Å². The molecule has 0 aliphatic carbocycles. The van der Waals surface area contributed by atoms with Crippen LogP contribution in [-0.2, 0) is 16.0 Å². The summed E-state index contributed by atoms with van der Waals surface area (Å²) in [5.74, 6) is 1.43. The lowest BCUT2D eigenvalue weighted by molar-refractivity contribution is -0.140. The maximum atomic E-state index is 12.5. The molecule has 0 spiro atoms. The number of rotatable bonds is 6. The second kappa shape index (κ2) is 9.77. The minimum absolute atomic E-state index is 0.0123. The van der Waals surface area contributed by atoms with Crippen molar-refractivity contribution in [3.63, 3.8) is 0 Å². The van der Waals surface area contributed by atoms with Crippen molar-refractivity contribution in [2.24, 2.45) is 0 Å². The highest BCUT2D eigenvalue weighted by Crippen LogP contribution is 2.15. The summed E-state index contributed by atoms with van der Waals surface area (Å²) in [6.45, 7) is 2.14. The molecule has 0 bridgehead atoms. The quantitative estimate of drug-likeness (QED) is 0.580. The number of methoxy groups -OCH3 is 1. The van der Waals surface area contributed by atoms with Gasteiger partial charge in [-0.1, -0.05) is 12.1 Å². The summed E-state index contributed by atoms with van der Waals surface area (Å²) in [6, 6.07) is 15.1. The van der Waals surface area contributed by atoms with Gasteiger partial charge in [-0.05, 0) is 64.6 Å². The number of piperazine rings is 1. The minimum Gasteiger partial charge on any atom is -0.497 e. The van der Waals surface area contributed by atoms with Crippen LogP contribution >= 0.6 is 22.6 Å². The Labute approximate surface area is 178 Å². The number of carbonyl (C=O) groups is 2. The second-order valence-corrected chi connectivity index (χ2v) is 7.78. The molecule has 1 saturated heterocycles. The Hall–Kier alpha value is -2.29. The Morgan fingerprint density at radius 2 is 1.57 bits per heavy atom. The molecule has 0 saturated carbocycles. The van der Waals surface area contributed by atoms with Crippen molar-refractivity contribution in [2.75, 3.05) is 39.9 Å². The zero-order valence-electron chi connectivity index (χ0n) is 15.8. The molecule has 6 nitrogen and oxygen atoms in total. The fourth-order valence-corrected chi connectivity index (χ4v) is 3.40. The Morgan fingerprint density at radius 1 is 0.929 bits per heavy atom. The number of hydrogen-bond donors (Lipinski definition) is 0. The van der Waals surface area contributed by atoms with E-state index in [0.717, 1.165) is 14.9 Å². The van der Waals surface area contributed by atoms with Gasteiger partial charge in [-0.25, -0.2) is 0 Å². The average molecular weight is 494 g/mol. The summed E-state index contributed by atoms with van der Waals surface area (Å²) in [6.07, 6.45) is 0.334. The monoisotopic (exact) mass is 494 g/mol. The van der Waals surface area contributed by atoms with Crippen LogP contribution in [-0.4, -0.2) is 61.5 Å². The van der Waals surface area contributed by atoms with Gasteiger partial charge in [0.25, 0.3) is 5.91 Å². The third-order valence-corrected chi connectivity index (χ3v) is 5.37. The van der Waals surface area contributed by atoms with Crippen LogP contribution in [0.4, 0.5) is 0 Å². The molecule has 2 aromatic carbocycles. The molecule has 2 aromatic rings. The van der Waals surface area contributed by atoms with Gasteiger partial charge in [-0.2, -0.15) is 0 Å². The van der Waals surface area contributed by atoms with Crippen molar-refractivity contribution in [3.05, 3.63) is 57.7 Å². The lowest BCUT2D eigenvalue weighted by Crippen LogP contribution is -2.52. The van der Waals surface area contributed by atoms with Crippen LogP contribution in [0.1, 0.15) is 5.56 Å².